The summed E-state index contributed by atoms with van der Waals surface area (Å²) in [5.74, 6) is 0.879. The SMILES string of the molecule is FC1CCN(CCSN(Cc2ccc(C3=NN=C(C(F)F)C3)cc2)c2ccccc2)C1. The predicted octanol–water partition coefficient (Wildman–Crippen LogP) is 5.20. The van der Waals surface area contributed by atoms with Gasteiger partial charge in [0.15, 0.2) is 0 Å². The van der Waals surface area contributed by atoms with Gasteiger partial charge in [0.05, 0.1) is 12.3 Å². The Labute approximate surface area is 185 Å². The summed E-state index contributed by atoms with van der Waals surface area (Å²) >= 11 is 1.73. The Bertz CT molecular complexity index is 918. The highest BCUT2D eigenvalue weighted by atomic mass is 32.2. The van der Waals surface area contributed by atoms with Crippen molar-refractivity contribution < 1.29 is 13.2 Å². The summed E-state index contributed by atoms with van der Waals surface area (Å²) in [7, 11) is 0. The Kier molecular flexibility index (Phi) is 7.29. The smallest absolute Gasteiger partial charge is 0.278 e. The molecule has 4 rings (SSSR count). The summed E-state index contributed by atoms with van der Waals surface area (Å²) in [5, 5.41) is 7.50. The number of halogens is 3. The zero-order chi connectivity index (χ0) is 21.6. The second kappa shape index (κ2) is 10.3. The van der Waals surface area contributed by atoms with E-state index in [0.717, 1.165) is 35.7 Å². The van der Waals surface area contributed by atoms with E-state index >= 15 is 0 Å². The van der Waals surface area contributed by atoms with Crippen LogP contribution in [-0.2, 0) is 6.54 Å². The molecule has 0 radical (unpaired) electrons. The van der Waals surface area contributed by atoms with Crippen LogP contribution in [0.15, 0.2) is 64.8 Å². The molecule has 8 heteroatoms. The van der Waals surface area contributed by atoms with Gasteiger partial charge in [0.2, 0.25) is 0 Å². The van der Waals surface area contributed by atoms with Gasteiger partial charge in [0.25, 0.3) is 6.43 Å². The fourth-order valence-corrected chi connectivity index (χ4v) is 4.76. The van der Waals surface area contributed by atoms with Crippen LogP contribution in [-0.4, -0.2) is 54.3 Å². The molecule has 4 nitrogen and oxygen atoms in total. The van der Waals surface area contributed by atoms with Crippen LogP contribution in [0.4, 0.5) is 18.9 Å². The Morgan fingerprint density at radius 3 is 2.48 bits per heavy atom. The average Bonchev–Trinajstić information content (AvgIpc) is 3.44. The minimum absolute atomic E-state index is 0.0965. The van der Waals surface area contributed by atoms with Crippen molar-refractivity contribution in [3.05, 3.63) is 65.7 Å². The topological polar surface area (TPSA) is 31.2 Å². The third-order valence-corrected chi connectivity index (χ3v) is 6.44. The third-order valence-electron chi connectivity index (χ3n) is 5.43. The molecule has 2 aliphatic heterocycles. The lowest BCUT2D eigenvalue weighted by Crippen LogP contribution is -2.25. The van der Waals surface area contributed by atoms with Crippen molar-refractivity contribution in [2.45, 2.75) is 32.0 Å². The molecule has 2 aromatic rings. The van der Waals surface area contributed by atoms with Gasteiger partial charge in [-0.25, -0.2) is 13.2 Å². The van der Waals surface area contributed by atoms with Crippen LogP contribution in [0.5, 0.6) is 0 Å². The highest BCUT2D eigenvalue weighted by Crippen LogP contribution is 2.26. The minimum Gasteiger partial charge on any atom is -0.312 e. The second-order valence-electron chi connectivity index (χ2n) is 7.70. The number of para-hydroxylation sites is 1. The normalized spacial score (nSPS) is 19.0. The molecule has 164 valence electrons. The van der Waals surface area contributed by atoms with Gasteiger partial charge in [0.1, 0.15) is 11.9 Å². The number of nitrogens with zero attached hydrogens (tertiary/aromatic N) is 4. The summed E-state index contributed by atoms with van der Waals surface area (Å²) < 4.78 is 41.2. The first kappa shape index (κ1) is 21.9. The highest BCUT2D eigenvalue weighted by molar-refractivity contribution is 8.00. The third kappa shape index (κ3) is 5.89. The summed E-state index contributed by atoms with van der Waals surface area (Å²) in [6.45, 7) is 2.93. The van der Waals surface area contributed by atoms with Crippen molar-refractivity contribution in [2.75, 3.05) is 29.7 Å². The molecule has 1 atom stereocenters. The molecule has 31 heavy (non-hydrogen) atoms. The number of benzene rings is 2. The number of rotatable bonds is 9. The van der Waals surface area contributed by atoms with Gasteiger partial charge in [-0.05, 0) is 41.6 Å². The van der Waals surface area contributed by atoms with E-state index < -0.39 is 12.6 Å². The lowest BCUT2D eigenvalue weighted by molar-refractivity contribution is 0.224. The van der Waals surface area contributed by atoms with Crippen molar-refractivity contribution in [3.63, 3.8) is 0 Å². The van der Waals surface area contributed by atoms with E-state index in [2.05, 4.69) is 31.5 Å². The molecule has 2 aromatic carbocycles. The molecule has 0 aromatic heterocycles. The van der Waals surface area contributed by atoms with E-state index in [-0.39, 0.29) is 12.1 Å². The lowest BCUT2D eigenvalue weighted by atomic mass is 10.0. The first-order valence-electron chi connectivity index (χ1n) is 10.4. The van der Waals surface area contributed by atoms with Crippen LogP contribution < -0.4 is 4.31 Å². The number of alkyl halides is 3. The van der Waals surface area contributed by atoms with Crippen molar-refractivity contribution >= 4 is 29.1 Å². The fourth-order valence-electron chi connectivity index (χ4n) is 3.69. The van der Waals surface area contributed by atoms with Crippen LogP contribution in [0.3, 0.4) is 0 Å². The highest BCUT2D eigenvalue weighted by Gasteiger charge is 2.22. The minimum atomic E-state index is -2.56. The van der Waals surface area contributed by atoms with E-state index in [9.17, 15) is 13.2 Å². The van der Waals surface area contributed by atoms with E-state index in [1.807, 2.05) is 42.5 Å². The monoisotopic (exact) mass is 446 g/mol. The van der Waals surface area contributed by atoms with E-state index in [1.54, 1.807) is 11.9 Å². The van der Waals surface area contributed by atoms with Crippen molar-refractivity contribution in [2.24, 2.45) is 10.2 Å². The summed E-state index contributed by atoms with van der Waals surface area (Å²) in [6, 6.07) is 18.0. The van der Waals surface area contributed by atoms with E-state index in [1.165, 1.54) is 0 Å². The number of hydrogen-bond acceptors (Lipinski definition) is 5. The quantitative estimate of drug-likeness (QED) is 0.496. The molecule has 0 spiro atoms. The Hall–Kier alpha value is -2.32. The molecule has 0 amide bonds. The van der Waals surface area contributed by atoms with E-state index in [0.29, 0.717) is 25.2 Å². The average molecular weight is 447 g/mol. The van der Waals surface area contributed by atoms with E-state index in [4.69, 9.17) is 0 Å². The zero-order valence-corrected chi connectivity index (χ0v) is 17.9. The summed E-state index contributed by atoms with van der Waals surface area (Å²) in [6.07, 6.45) is -2.53. The molecule has 2 heterocycles. The molecular weight excluding hydrogens is 421 g/mol. The van der Waals surface area contributed by atoms with Gasteiger partial charge >= 0.3 is 0 Å². The van der Waals surface area contributed by atoms with Gasteiger partial charge < -0.3 is 4.31 Å². The van der Waals surface area contributed by atoms with Crippen LogP contribution in [0.25, 0.3) is 0 Å². The first-order chi connectivity index (χ1) is 15.1. The molecule has 1 unspecified atom stereocenters. The first-order valence-corrected chi connectivity index (χ1v) is 11.4. The van der Waals surface area contributed by atoms with Gasteiger partial charge in [0, 0.05) is 37.5 Å². The van der Waals surface area contributed by atoms with Crippen LogP contribution in [0.1, 0.15) is 24.0 Å². The largest absolute Gasteiger partial charge is 0.312 e. The standard InChI is InChI=1S/C23H25F3N4S/c24-19-10-11-29(16-19)12-13-31-30(20-4-2-1-3-5-20)15-17-6-8-18(9-7-17)21-14-22(23(25)26)28-27-21/h1-9,19,23H,10-16H2. The van der Waals surface area contributed by atoms with Gasteiger partial charge in [-0.3, -0.25) is 4.90 Å². The van der Waals surface area contributed by atoms with Crippen LogP contribution in [0.2, 0.25) is 0 Å². The van der Waals surface area contributed by atoms with Gasteiger partial charge in [-0.2, -0.15) is 10.2 Å². The molecule has 1 fully saturated rings. The fraction of sp³-hybridized carbons (Fsp3) is 0.391. The maximum Gasteiger partial charge on any atom is 0.278 e. The molecule has 1 saturated heterocycles. The predicted molar refractivity (Wildman–Crippen MR) is 122 cm³/mol. The lowest BCUT2D eigenvalue weighted by Gasteiger charge is -2.25. The Morgan fingerprint density at radius 1 is 1.06 bits per heavy atom. The summed E-state index contributed by atoms with van der Waals surface area (Å²) in [5.41, 5.74) is 3.43. The number of likely N-dealkylation sites (tertiary alicyclic amines) is 1. The molecule has 0 aliphatic carbocycles. The Balaban J connectivity index is 1.37. The molecular formula is C23H25F3N4S. The molecule has 0 N–H and O–H groups in total. The van der Waals surface area contributed by atoms with Crippen molar-refractivity contribution in [1.29, 1.82) is 0 Å². The number of anilines is 1. The van der Waals surface area contributed by atoms with Crippen molar-refractivity contribution in [1.82, 2.24) is 4.90 Å². The molecule has 0 saturated carbocycles. The number of hydrogen-bond donors (Lipinski definition) is 0. The van der Waals surface area contributed by atoms with Crippen LogP contribution in [0, 0.1) is 0 Å². The van der Waals surface area contributed by atoms with Gasteiger partial charge in [-0.1, -0.05) is 42.5 Å². The molecule has 0 bridgehead atoms. The van der Waals surface area contributed by atoms with Gasteiger partial charge in [-0.15, -0.1) is 0 Å². The maximum atomic E-state index is 13.4. The van der Waals surface area contributed by atoms with Crippen LogP contribution >= 0.6 is 11.9 Å². The summed E-state index contributed by atoms with van der Waals surface area (Å²) in [4.78, 5) is 2.17. The molecule has 2 aliphatic rings. The maximum absolute atomic E-state index is 13.4. The second-order valence-corrected chi connectivity index (χ2v) is 8.81. The van der Waals surface area contributed by atoms with Crippen molar-refractivity contribution in [3.8, 4) is 0 Å². The zero-order valence-electron chi connectivity index (χ0n) is 17.1. The Morgan fingerprint density at radius 2 is 1.84 bits per heavy atom.